The van der Waals surface area contributed by atoms with Gasteiger partial charge in [0.25, 0.3) is 5.92 Å². The van der Waals surface area contributed by atoms with Crippen molar-refractivity contribution < 1.29 is 41.4 Å². The molecule has 260 valence electrons. The van der Waals surface area contributed by atoms with Crippen molar-refractivity contribution in [2.75, 3.05) is 26.1 Å². The van der Waals surface area contributed by atoms with Crippen molar-refractivity contribution in [1.29, 1.82) is 0 Å². The van der Waals surface area contributed by atoms with Crippen LogP contribution in [0.2, 0.25) is 0 Å². The van der Waals surface area contributed by atoms with Gasteiger partial charge < -0.3 is 19.5 Å². The fourth-order valence-corrected chi connectivity index (χ4v) is 7.81. The molecule has 1 saturated heterocycles. The van der Waals surface area contributed by atoms with Gasteiger partial charge in [-0.25, -0.2) is 27.2 Å². The maximum atomic E-state index is 14.4. The summed E-state index contributed by atoms with van der Waals surface area (Å²) < 4.78 is 74.4. The number of carbonyl (C=O) groups excluding carboxylic acids is 2. The Morgan fingerprint density at radius 1 is 1.00 bits per heavy atom. The summed E-state index contributed by atoms with van der Waals surface area (Å²) in [5, 5.41) is 4.03. The lowest BCUT2D eigenvalue weighted by Crippen LogP contribution is -2.53. The van der Waals surface area contributed by atoms with E-state index in [1.165, 1.54) is 11.7 Å². The Kier molecular flexibility index (Phi) is 8.49. The van der Waals surface area contributed by atoms with Gasteiger partial charge in [-0.2, -0.15) is 0 Å². The van der Waals surface area contributed by atoms with Gasteiger partial charge in [0.1, 0.15) is 11.4 Å². The number of hydrogen-bond donors (Lipinski definition) is 1. The van der Waals surface area contributed by atoms with E-state index in [1.807, 2.05) is 19.1 Å². The highest BCUT2D eigenvalue weighted by molar-refractivity contribution is 5.95. The number of halogens is 4. The minimum atomic E-state index is -2.76. The molecule has 1 N–H and O–H groups in total. The van der Waals surface area contributed by atoms with Crippen LogP contribution in [0.5, 0.6) is 5.75 Å². The highest BCUT2D eigenvalue weighted by Gasteiger charge is 2.58. The van der Waals surface area contributed by atoms with Gasteiger partial charge in [-0.3, -0.25) is 9.47 Å². The average Bonchev–Trinajstić information content (AvgIpc) is 3.42. The Morgan fingerprint density at radius 3 is 2.31 bits per heavy atom. The van der Waals surface area contributed by atoms with E-state index >= 15 is 0 Å². The lowest BCUT2D eigenvalue weighted by Gasteiger charge is -2.55. The number of nitrogens with zero attached hydrogens (tertiary/aromatic N) is 2. The molecule has 12 heteroatoms. The van der Waals surface area contributed by atoms with E-state index in [-0.39, 0.29) is 31.2 Å². The van der Waals surface area contributed by atoms with Gasteiger partial charge in [0.15, 0.2) is 0 Å². The third kappa shape index (κ3) is 6.60. The van der Waals surface area contributed by atoms with Gasteiger partial charge in [0.05, 0.1) is 25.3 Å². The van der Waals surface area contributed by atoms with Crippen LogP contribution < -0.4 is 10.1 Å². The Bertz CT molecular complexity index is 1730. The van der Waals surface area contributed by atoms with Crippen LogP contribution in [0.4, 0.5) is 28.0 Å². The molecule has 0 amide bonds. The van der Waals surface area contributed by atoms with Gasteiger partial charge in [0, 0.05) is 67.1 Å². The number of carbonyl (C=O) groups is 2. The summed E-state index contributed by atoms with van der Waals surface area (Å²) in [6.45, 7) is 8.15. The summed E-state index contributed by atoms with van der Waals surface area (Å²) in [5.41, 5.74) is 2.55. The molecule has 2 aromatic carbocycles. The second kappa shape index (κ2) is 12.0. The summed E-state index contributed by atoms with van der Waals surface area (Å²) in [6, 6.07) is 7.85. The smallest absolute Gasteiger partial charge is 0.419 e. The van der Waals surface area contributed by atoms with Crippen LogP contribution in [-0.4, -0.2) is 65.8 Å². The van der Waals surface area contributed by atoms with Gasteiger partial charge in [-0.05, 0) is 87.9 Å². The summed E-state index contributed by atoms with van der Waals surface area (Å²) in [6.07, 6.45) is 1.05. The number of esters is 1. The zero-order valence-electron chi connectivity index (χ0n) is 28.2. The van der Waals surface area contributed by atoms with Crippen LogP contribution in [-0.2, 0) is 16.0 Å². The van der Waals surface area contributed by atoms with E-state index in [0.29, 0.717) is 42.9 Å². The van der Waals surface area contributed by atoms with Crippen LogP contribution in [0.3, 0.4) is 0 Å². The van der Waals surface area contributed by atoms with Gasteiger partial charge in [0.2, 0.25) is 5.92 Å². The fraction of sp³-hybridized carbons (Fsp3) is 0.556. The van der Waals surface area contributed by atoms with Crippen LogP contribution >= 0.6 is 0 Å². The van der Waals surface area contributed by atoms with E-state index in [0.717, 1.165) is 22.1 Å². The molecule has 3 fully saturated rings. The Hall–Kier alpha value is -3.80. The third-order valence-corrected chi connectivity index (χ3v) is 9.95. The first-order valence-corrected chi connectivity index (χ1v) is 16.3. The van der Waals surface area contributed by atoms with Crippen LogP contribution in [0.25, 0.3) is 10.9 Å². The summed E-state index contributed by atoms with van der Waals surface area (Å²) in [4.78, 5) is 27.9. The Balaban J connectivity index is 1.41. The number of nitrogens with one attached hydrogen (secondary N) is 1. The van der Waals surface area contributed by atoms with Crippen LogP contribution in [0, 0.1) is 12.3 Å². The molecular formula is C36H43F4N3O5. The number of benzene rings is 2. The minimum Gasteiger partial charge on any atom is -0.496 e. The zero-order chi connectivity index (χ0) is 34.8. The van der Waals surface area contributed by atoms with E-state index in [2.05, 4.69) is 10.2 Å². The van der Waals surface area contributed by atoms with Gasteiger partial charge in [-0.15, -0.1) is 0 Å². The molecule has 1 spiro atoms. The number of aromatic nitrogens is 1. The molecule has 0 unspecified atom stereocenters. The first kappa shape index (κ1) is 34.1. The number of ether oxygens (including phenoxy) is 3. The number of likely N-dealkylation sites (tertiary alicyclic amines) is 1. The van der Waals surface area contributed by atoms with E-state index in [4.69, 9.17) is 14.2 Å². The predicted molar refractivity (Wildman–Crippen MR) is 173 cm³/mol. The van der Waals surface area contributed by atoms with E-state index < -0.39 is 47.0 Å². The molecule has 8 nitrogen and oxygen atoms in total. The maximum Gasteiger partial charge on any atom is 0.419 e. The molecule has 2 saturated carbocycles. The van der Waals surface area contributed by atoms with Crippen molar-refractivity contribution in [3.05, 3.63) is 58.8 Å². The molecule has 6 rings (SSSR count). The molecule has 48 heavy (non-hydrogen) atoms. The Labute approximate surface area is 277 Å². The number of methoxy groups -OCH3 is 2. The first-order valence-electron chi connectivity index (χ1n) is 16.3. The molecule has 0 radical (unpaired) electrons. The summed E-state index contributed by atoms with van der Waals surface area (Å²) in [7, 11) is 2.85. The van der Waals surface area contributed by atoms with Crippen molar-refractivity contribution in [2.24, 2.45) is 5.41 Å². The first-order chi connectivity index (χ1) is 22.4. The summed E-state index contributed by atoms with van der Waals surface area (Å²) >= 11 is 0. The maximum absolute atomic E-state index is 14.4. The largest absolute Gasteiger partial charge is 0.496 e. The van der Waals surface area contributed by atoms with Crippen molar-refractivity contribution in [3.8, 4) is 5.75 Å². The van der Waals surface area contributed by atoms with Gasteiger partial charge in [-0.1, -0.05) is 6.07 Å². The second-order valence-corrected chi connectivity index (χ2v) is 14.9. The highest BCUT2D eigenvalue weighted by atomic mass is 19.3. The van der Waals surface area contributed by atoms with E-state index in [9.17, 15) is 27.2 Å². The molecule has 1 aromatic heterocycles. The number of aryl methyl sites for hydroxylation is 1. The zero-order valence-corrected chi connectivity index (χ0v) is 28.2. The molecule has 2 aliphatic carbocycles. The second-order valence-electron chi connectivity index (χ2n) is 14.9. The van der Waals surface area contributed by atoms with Crippen LogP contribution in [0.1, 0.15) is 92.4 Å². The third-order valence-electron chi connectivity index (χ3n) is 9.95. The molecule has 3 aliphatic rings. The van der Waals surface area contributed by atoms with Gasteiger partial charge >= 0.3 is 12.1 Å². The summed E-state index contributed by atoms with van der Waals surface area (Å²) in [5.74, 6) is -5.44. The lowest BCUT2D eigenvalue weighted by atomic mass is 9.58. The molecule has 3 aromatic rings. The van der Waals surface area contributed by atoms with Crippen LogP contribution in [0.15, 0.2) is 36.5 Å². The number of piperidine rings is 1. The number of hydrogen-bond acceptors (Lipinski definition) is 7. The lowest BCUT2D eigenvalue weighted by molar-refractivity contribution is -0.186. The normalized spacial score (nSPS) is 21.8. The average molecular weight is 674 g/mol. The fourth-order valence-electron chi connectivity index (χ4n) is 7.81. The molecule has 0 bridgehead atoms. The number of alkyl halides is 4. The number of anilines is 1. The SMILES string of the molecule is COC(=O)c1ccc([C@@H]2CC3(CCN2Cc2c(OC)cc(C)c4c2ccn4C(=O)OC(C)(C)C)CC(F)(F)C3)c(NC2CC(F)(F)C2)c1. The standard InChI is InChI=1S/C36H43F4N3O5/c1-21-13-29(46-5)26(24-9-11-43(30(21)24)32(45)48-33(2,3)4)18-42-12-10-34(19-36(39,40)20-34)17-28(42)25-8-7-22(31(44)47-6)14-27(25)41-23-15-35(37,38)16-23/h7-9,11,13-14,23,28,41H,10,12,15-20H2,1-6H3/t28-/m0/s1. The predicted octanol–water partition coefficient (Wildman–Crippen LogP) is 8.49. The molecular weight excluding hydrogens is 630 g/mol. The van der Waals surface area contributed by atoms with Crippen molar-refractivity contribution in [3.63, 3.8) is 0 Å². The highest BCUT2D eigenvalue weighted by Crippen LogP contribution is 2.61. The van der Waals surface area contributed by atoms with Crippen molar-refractivity contribution >= 4 is 28.7 Å². The van der Waals surface area contributed by atoms with Crippen molar-refractivity contribution in [1.82, 2.24) is 9.47 Å². The number of rotatable bonds is 7. The minimum absolute atomic E-state index is 0.209. The topological polar surface area (TPSA) is 82.0 Å². The van der Waals surface area contributed by atoms with E-state index in [1.54, 1.807) is 52.3 Å². The molecule has 1 aliphatic heterocycles. The molecule has 1 atom stereocenters. The monoisotopic (exact) mass is 673 g/mol. The number of fused-ring (bicyclic) bond motifs is 1. The Morgan fingerprint density at radius 2 is 1.71 bits per heavy atom. The quantitative estimate of drug-likeness (QED) is 0.199. The van der Waals surface area contributed by atoms with Crippen molar-refractivity contribution in [2.45, 2.75) is 102 Å². The molecule has 2 heterocycles.